The van der Waals surface area contributed by atoms with Crippen LogP contribution in [0.1, 0.15) is 20.8 Å². The molecule has 2 aromatic carbocycles. The fraction of sp³-hybridized carbons (Fsp3) is 0. The van der Waals surface area contributed by atoms with Crippen molar-refractivity contribution in [3.05, 3.63) is 72.1 Å². The molecule has 0 aliphatic carbocycles. The summed E-state index contributed by atoms with van der Waals surface area (Å²) >= 11 is 0. The molecule has 21 heavy (non-hydrogen) atoms. The van der Waals surface area contributed by atoms with Crippen LogP contribution in [0.5, 0.6) is 5.75 Å². The number of ether oxygens (including phenoxy) is 1. The van der Waals surface area contributed by atoms with Crippen molar-refractivity contribution < 1.29 is 14.3 Å². The Balaban J connectivity index is 1.97. The quantitative estimate of drug-likeness (QED) is 0.419. The van der Waals surface area contributed by atoms with Crippen LogP contribution in [0.4, 0.5) is 0 Å². The van der Waals surface area contributed by atoms with E-state index in [0.29, 0.717) is 11.3 Å². The standard InChI is InChI=1S/C17H11NO3/c19-11-12-7-8-14-13(10-12)4-3-6-16(14)21-17(20)15-5-1-2-9-18-15/h1-11H. The van der Waals surface area contributed by atoms with Gasteiger partial charge in [0.15, 0.2) is 0 Å². The molecule has 0 saturated heterocycles. The second-order valence-electron chi connectivity index (χ2n) is 4.46. The van der Waals surface area contributed by atoms with Crippen LogP contribution in [0.2, 0.25) is 0 Å². The number of aromatic nitrogens is 1. The van der Waals surface area contributed by atoms with Gasteiger partial charge in [-0.2, -0.15) is 0 Å². The average Bonchev–Trinajstić information content (AvgIpc) is 2.55. The number of carbonyl (C=O) groups is 2. The van der Waals surface area contributed by atoms with Crippen LogP contribution >= 0.6 is 0 Å². The molecule has 0 saturated carbocycles. The Hall–Kier alpha value is -3.01. The SMILES string of the molecule is O=Cc1ccc2c(OC(=O)c3ccccn3)cccc2c1. The molecule has 1 aromatic heterocycles. The predicted octanol–water partition coefficient (Wildman–Crippen LogP) is 3.27. The van der Waals surface area contributed by atoms with E-state index in [-0.39, 0.29) is 5.69 Å². The van der Waals surface area contributed by atoms with Gasteiger partial charge in [0, 0.05) is 17.1 Å². The van der Waals surface area contributed by atoms with E-state index in [1.165, 1.54) is 6.20 Å². The van der Waals surface area contributed by atoms with Gasteiger partial charge in [-0.1, -0.05) is 24.3 Å². The van der Waals surface area contributed by atoms with Gasteiger partial charge in [0.1, 0.15) is 17.7 Å². The van der Waals surface area contributed by atoms with Gasteiger partial charge < -0.3 is 4.74 Å². The number of nitrogens with zero attached hydrogens (tertiary/aromatic N) is 1. The van der Waals surface area contributed by atoms with Crippen molar-refractivity contribution in [3.63, 3.8) is 0 Å². The summed E-state index contributed by atoms with van der Waals surface area (Å²) in [6.07, 6.45) is 2.32. The Morgan fingerprint density at radius 2 is 1.95 bits per heavy atom. The zero-order valence-corrected chi connectivity index (χ0v) is 11.0. The predicted molar refractivity (Wildman–Crippen MR) is 78.5 cm³/mol. The minimum Gasteiger partial charge on any atom is -0.421 e. The molecule has 0 spiro atoms. The molecule has 0 fully saturated rings. The number of fused-ring (bicyclic) bond motifs is 1. The van der Waals surface area contributed by atoms with E-state index in [9.17, 15) is 9.59 Å². The number of rotatable bonds is 3. The fourth-order valence-electron chi connectivity index (χ4n) is 2.07. The van der Waals surface area contributed by atoms with E-state index in [0.717, 1.165) is 17.1 Å². The number of hydrogen-bond donors (Lipinski definition) is 0. The Morgan fingerprint density at radius 3 is 2.71 bits per heavy atom. The molecule has 0 amide bonds. The first-order valence-corrected chi connectivity index (χ1v) is 6.39. The van der Waals surface area contributed by atoms with Gasteiger partial charge in [-0.15, -0.1) is 0 Å². The van der Waals surface area contributed by atoms with Crippen molar-refractivity contribution in [2.24, 2.45) is 0 Å². The lowest BCUT2D eigenvalue weighted by molar-refractivity contribution is 0.0731. The van der Waals surface area contributed by atoms with Crippen molar-refractivity contribution in [2.45, 2.75) is 0 Å². The minimum atomic E-state index is -0.512. The van der Waals surface area contributed by atoms with Crippen molar-refractivity contribution in [3.8, 4) is 5.75 Å². The second kappa shape index (κ2) is 5.54. The molecule has 0 aliphatic heterocycles. The first-order valence-electron chi connectivity index (χ1n) is 6.39. The zero-order valence-electron chi connectivity index (χ0n) is 11.0. The summed E-state index contributed by atoms with van der Waals surface area (Å²) in [6.45, 7) is 0. The minimum absolute atomic E-state index is 0.249. The highest BCUT2D eigenvalue weighted by Crippen LogP contribution is 2.26. The molecule has 0 atom stereocenters. The molecule has 0 N–H and O–H groups in total. The second-order valence-corrected chi connectivity index (χ2v) is 4.46. The third-order valence-corrected chi connectivity index (χ3v) is 3.08. The van der Waals surface area contributed by atoms with E-state index in [2.05, 4.69) is 4.98 Å². The summed E-state index contributed by atoms with van der Waals surface area (Å²) in [6, 6.07) is 15.6. The van der Waals surface area contributed by atoms with Crippen molar-refractivity contribution >= 4 is 23.0 Å². The molecule has 1 heterocycles. The van der Waals surface area contributed by atoms with Gasteiger partial charge >= 0.3 is 5.97 Å². The van der Waals surface area contributed by atoms with Gasteiger partial charge in [0.05, 0.1) is 0 Å². The lowest BCUT2D eigenvalue weighted by atomic mass is 10.1. The lowest BCUT2D eigenvalue weighted by Gasteiger charge is -2.07. The molecule has 3 rings (SSSR count). The van der Waals surface area contributed by atoms with Gasteiger partial charge in [-0.3, -0.25) is 4.79 Å². The van der Waals surface area contributed by atoms with Crippen LogP contribution in [0.3, 0.4) is 0 Å². The number of hydrogen-bond acceptors (Lipinski definition) is 4. The van der Waals surface area contributed by atoms with Crippen LogP contribution in [-0.2, 0) is 0 Å². The largest absolute Gasteiger partial charge is 0.421 e. The third-order valence-electron chi connectivity index (χ3n) is 3.08. The van der Waals surface area contributed by atoms with E-state index < -0.39 is 5.97 Å². The van der Waals surface area contributed by atoms with E-state index in [4.69, 9.17) is 4.74 Å². The number of aldehydes is 1. The molecule has 0 aliphatic rings. The summed E-state index contributed by atoms with van der Waals surface area (Å²) < 4.78 is 5.40. The molecule has 4 nitrogen and oxygen atoms in total. The van der Waals surface area contributed by atoms with Crippen LogP contribution in [0.25, 0.3) is 10.8 Å². The molecule has 0 unspecified atom stereocenters. The van der Waals surface area contributed by atoms with Crippen LogP contribution in [-0.4, -0.2) is 17.2 Å². The molecular formula is C17H11NO3. The first-order chi connectivity index (χ1) is 10.3. The summed E-state index contributed by atoms with van der Waals surface area (Å²) in [5.41, 5.74) is 0.828. The Morgan fingerprint density at radius 1 is 1.05 bits per heavy atom. The lowest BCUT2D eigenvalue weighted by Crippen LogP contribution is -2.10. The highest BCUT2D eigenvalue weighted by molar-refractivity contribution is 5.96. The van der Waals surface area contributed by atoms with Gasteiger partial charge in [-0.25, -0.2) is 9.78 Å². The average molecular weight is 277 g/mol. The van der Waals surface area contributed by atoms with Gasteiger partial charge in [0.2, 0.25) is 0 Å². The highest BCUT2D eigenvalue weighted by atomic mass is 16.5. The Labute approximate surface area is 121 Å². The maximum absolute atomic E-state index is 12.0. The van der Waals surface area contributed by atoms with Crippen molar-refractivity contribution in [1.29, 1.82) is 0 Å². The highest BCUT2D eigenvalue weighted by Gasteiger charge is 2.11. The molecule has 4 heteroatoms. The summed E-state index contributed by atoms with van der Waals surface area (Å²) in [7, 11) is 0. The Kier molecular flexibility index (Phi) is 3.43. The van der Waals surface area contributed by atoms with Gasteiger partial charge in [-0.05, 0) is 35.7 Å². The van der Waals surface area contributed by atoms with Crippen molar-refractivity contribution in [2.75, 3.05) is 0 Å². The van der Waals surface area contributed by atoms with E-state index >= 15 is 0 Å². The smallest absolute Gasteiger partial charge is 0.362 e. The molecule has 102 valence electrons. The van der Waals surface area contributed by atoms with Gasteiger partial charge in [0.25, 0.3) is 0 Å². The normalized spacial score (nSPS) is 10.3. The molecule has 0 radical (unpaired) electrons. The first kappa shape index (κ1) is 13.0. The molecule has 3 aromatic rings. The Bertz CT molecular complexity index is 813. The van der Waals surface area contributed by atoms with Crippen LogP contribution < -0.4 is 4.74 Å². The number of benzene rings is 2. The van der Waals surface area contributed by atoms with Crippen LogP contribution in [0.15, 0.2) is 60.8 Å². The van der Waals surface area contributed by atoms with Crippen LogP contribution in [0, 0.1) is 0 Å². The van der Waals surface area contributed by atoms with E-state index in [1.807, 2.05) is 6.07 Å². The summed E-state index contributed by atoms with van der Waals surface area (Å²) in [4.78, 5) is 26.8. The monoisotopic (exact) mass is 277 g/mol. The maximum Gasteiger partial charge on any atom is 0.362 e. The molecule has 0 bridgehead atoms. The topological polar surface area (TPSA) is 56.3 Å². The number of pyridine rings is 1. The summed E-state index contributed by atoms with van der Waals surface area (Å²) in [5.74, 6) is -0.0665. The van der Waals surface area contributed by atoms with E-state index in [1.54, 1.807) is 48.5 Å². The molecular weight excluding hydrogens is 266 g/mol. The third kappa shape index (κ3) is 2.65. The maximum atomic E-state index is 12.0. The number of carbonyl (C=O) groups excluding carboxylic acids is 2. The number of esters is 1. The zero-order chi connectivity index (χ0) is 14.7. The van der Waals surface area contributed by atoms with Crippen molar-refractivity contribution in [1.82, 2.24) is 4.98 Å². The summed E-state index contributed by atoms with van der Waals surface area (Å²) in [5, 5.41) is 1.61. The fourth-order valence-corrected chi connectivity index (χ4v) is 2.07.